The van der Waals surface area contributed by atoms with Crippen LogP contribution in [-0.2, 0) is 0 Å². The molecule has 1 unspecified atom stereocenters. The van der Waals surface area contributed by atoms with Crippen molar-refractivity contribution in [3.05, 3.63) is 29.8 Å². The van der Waals surface area contributed by atoms with E-state index in [0.29, 0.717) is 0 Å². The molecule has 1 rings (SSSR count). The van der Waals surface area contributed by atoms with Gasteiger partial charge in [-0.1, -0.05) is 0 Å². The molecule has 0 heterocycles. The highest BCUT2D eigenvalue weighted by Gasteiger charge is 2.08. The van der Waals surface area contributed by atoms with Crippen molar-refractivity contribution in [2.24, 2.45) is 0 Å². The summed E-state index contributed by atoms with van der Waals surface area (Å²) in [5, 5.41) is 19.5. The second-order valence-electron chi connectivity index (χ2n) is 3.23. The summed E-state index contributed by atoms with van der Waals surface area (Å²) < 4.78 is 30.2. The van der Waals surface area contributed by atoms with Crippen LogP contribution in [0.25, 0.3) is 0 Å². The van der Waals surface area contributed by atoms with Gasteiger partial charge < -0.3 is 20.3 Å². The normalized spacial score (nSPS) is 11.9. The number of aliphatic hydroxyl groups is 1. The lowest BCUT2D eigenvalue weighted by Crippen LogP contribution is -2.34. The van der Waals surface area contributed by atoms with Gasteiger partial charge >= 0.3 is 6.09 Å². The van der Waals surface area contributed by atoms with Crippen LogP contribution in [0.2, 0.25) is 0 Å². The highest BCUT2D eigenvalue weighted by atomic mass is 19.2. The van der Waals surface area contributed by atoms with Crippen LogP contribution in [0.15, 0.2) is 18.2 Å². The molecule has 1 aromatic carbocycles. The van der Waals surface area contributed by atoms with Crippen molar-refractivity contribution in [1.82, 2.24) is 5.32 Å². The maximum Gasteiger partial charge on any atom is 0.404 e. The lowest BCUT2D eigenvalue weighted by molar-refractivity contribution is 0.104. The molecular formula is C10H11F2NO4. The molecule has 0 radical (unpaired) electrons. The molecule has 7 heteroatoms. The predicted octanol–water partition coefficient (Wildman–Crippen LogP) is 0.972. The van der Waals surface area contributed by atoms with Gasteiger partial charge in [0.2, 0.25) is 0 Å². The number of carboxylic acid groups (broad SMARTS) is 1. The van der Waals surface area contributed by atoms with Crippen molar-refractivity contribution >= 4 is 6.09 Å². The van der Waals surface area contributed by atoms with Crippen LogP contribution in [0.5, 0.6) is 5.75 Å². The second-order valence-corrected chi connectivity index (χ2v) is 3.23. The summed E-state index contributed by atoms with van der Waals surface area (Å²) >= 11 is 0. The summed E-state index contributed by atoms with van der Waals surface area (Å²) in [6.07, 6.45) is -2.34. The fourth-order valence-corrected chi connectivity index (χ4v) is 1.02. The molecule has 0 aromatic heterocycles. The molecule has 0 aliphatic rings. The second kappa shape index (κ2) is 6.00. The molecule has 0 aliphatic heterocycles. The first-order valence-corrected chi connectivity index (χ1v) is 4.71. The number of amides is 1. The average molecular weight is 247 g/mol. The number of nitrogens with one attached hydrogen (secondary N) is 1. The van der Waals surface area contributed by atoms with E-state index in [4.69, 9.17) is 9.84 Å². The Labute approximate surface area is 95.6 Å². The van der Waals surface area contributed by atoms with Crippen molar-refractivity contribution < 1.29 is 28.5 Å². The SMILES string of the molecule is O=C(O)NCC(O)COc1ccc(F)c(F)c1. The number of aliphatic hydroxyl groups excluding tert-OH is 1. The smallest absolute Gasteiger partial charge is 0.404 e. The maximum atomic E-state index is 12.7. The van der Waals surface area contributed by atoms with E-state index in [0.717, 1.165) is 12.1 Å². The van der Waals surface area contributed by atoms with E-state index in [-0.39, 0.29) is 18.9 Å². The minimum Gasteiger partial charge on any atom is -0.491 e. The zero-order valence-electron chi connectivity index (χ0n) is 8.69. The minimum atomic E-state index is -1.27. The predicted molar refractivity (Wildman–Crippen MR) is 53.9 cm³/mol. The molecule has 0 spiro atoms. The van der Waals surface area contributed by atoms with Crippen LogP contribution >= 0.6 is 0 Å². The molecule has 0 fully saturated rings. The Kier molecular flexibility index (Phi) is 4.65. The zero-order valence-corrected chi connectivity index (χ0v) is 8.69. The summed E-state index contributed by atoms with van der Waals surface area (Å²) in [5.74, 6) is -2.00. The average Bonchev–Trinajstić information content (AvgIpc) is 2.28. The van der Waals surface area contributed by atoms with Crippen molar-refractivity contribution in [2.45, 2.75) is 6.10 Å². The van der Waals surface area contributed by atoms with Crippen molar-refractivity contribution in [3.63, 3.8) is 0 Å². The van der Waals surface area contributed by atoms with Crippen molar-refractivity contribution in [2.75, 3.05) is 13.2 Å². The number of halogens is 2. The molecule has 94 valence electrons. The Morgan fingerprint density at radius 2 is 2.12 bits per heavy atom. The Morgan fingerprint density at radius 3 is 2.71 bits per heavy atom. The van der Waals surface area contributed by atoms with Gasteiger partial charge in [-0.15, -0.1) is 0 Å². The Morgan fingerprint density at radius 1 is 1.41 bits per heavy atom. The summed E-state index contributed by atoms with van der Waals surface area (Å²) in [5.41, 5.74) is 0. The van der Waals surface area contributed by atoms with Crippen LogP contribution < -0.4 is 10.1 Å². The largest absolute Gasteiger partial charge is 0.491 e. The summed E-state index contributed by atoms with van der Waals surface area (Å²) in [4.78, 5) is 10.1. The number of ether oxygens (including phenoxy) is 1. The van der Waals surface area contributed by atoms with Crippen LogP contribution in [0.4, 0.5) is 13.6 Å². The monoisotopic (exact) mass is 247 g/mol. The summed E-state index contributed by atoms with van der Waals surface area (Å²) in [6.45, 7) is -0.440. The molecule has 0 bridgehead atoms. The number of hydrogen-bond donors (Lipinski definition) is 3. The van der Waals surface area contributed by atoms with Crippen LogP contribution in [0, 0.1) is 11.6 Å². The standard InChI is InChI=1S/C10H11F2NO4/c11-8-2-1-7(3-9(8)12)17-5-6(14)4-13-10(15)16/h1-3,6,13-14H,4-5H2,(H,15,16). The molecule has 5 nitrogen and oxygen atoms in total. The molecule has 0 saturated carbocycles. The van der Waals surface area contributed by atoms with Gasteiger partial charge in [0.25, 0.3) is 0 Å². The lowest BCUT2D eigenvalue weighted by Gasteiger charge is -2.12. The molecule has 3 N–H and O–H groups in total. The third kappa shape index (κ3) is 4.64. The number of hydrogen-bond acceptors (Lipinski definition) is 3. The molecule has 1 atom stereocenters. The van der Waals surface area contributed by atoms with E-state index in [2.05, 4.69) is 0 Å². The first-order valence-electron chi connectivity index (χ1n) is 4.71. The van der Waals surface area contributed by atoms with Gasteiger partial charge in [-0.3, -0.25) is 0 Å². The quantitative estimate of drug-likeness (QED) is 0.724. The molecule has 1 amide bonds. The number of rotatable bonds is 5. The summed E-state index contributed by atoms with van der Waals surface area (Å²) in [6, 6.07) is 2.94. The van der Waals surface area contributed by atoms with E-state index in [1.54, 1.807) is 0 Å². The fourth-order valence-electron chi connectivity index (χ4n) is 1.02. The van der Waals surface area contributed by atoms with E-state index in [1.165, 1.54) is 6.07 Å². The zero-order chi connectivity index (χ0) is 12.8. The van der Waals surface area contributed by atoms with Crippen molar-refractivity contribution in [3.8, 4) is 5.75 Å². The third-order valence-corrected chi connectivity index (χ3v) is 1.82. The van der Waals surface area contributed by atoms with E-state index >= 15 is 0 Å². The topological polar surface area (TPSA) is 78.8 Å². The summed E-state index contributed by atoms with van der Waals surface area (Å²) in [7, 11) is 0. The maximum absolute atomic E-state index is 12.7. The van der Waals surface area contributed by atoms with Gasteiger partial charge in [0.05, 0.1) is 6.54 Å². The number of carbonyl (C=O) groups is 1. The Balaban J connectivity index is 2.39. The van der Waals surface area contributed by atoms with Crippen molar-refractivity contribution in [1.29, 1.82) is 0 Å². The van der Waals surface area contributed by atoms with Gasteiger partial charge in [0.1, 0.15) is 18.5 Å². The fraction of sp³-hybridized carbons (Fsp3) is 0.300. The van der Waals surface area contributed by atoms with Gasteiger partial charge in [-0.25, -0.2) is 13.6 Å². The van der Waals surface area contributed by atoms with Gasteiger partial charge in [0.15, 0.2) is 11.6 Å². The highest BCUT2D eigenvalue weighted by Crippen LogP contribution is 2.15. The highest BCUT2D eigenvalue weighted by molar-refractivity contribution is 5.64. The van der Waals surface area contributed by atoms with Crippen LogP contribution in [0.3, 0.4) is 0 Å². The van der Waals surface area contributed by atoms with Gasteiger partial charge in [-0.05, 0) is 12.1 Å². The van der Waals surface area contributed by atoms with Crippen LogP contribution in [0.1, 0.15) is 0 Å². The number of benzene rings is 1. The van der Waals surface area contributed by atoms with E-state index < -0.39 is 23.8 Å². The molecule has 1 aromatic rings. The molecular weight excluding hydrogens is 236 g/mol. The van der Waals surface area contributed by atoms with Gasteiger partial charge in [0, 0.05) is 6.07 Å². The van der Waals surface area contributed by atoms with E-state index in [1.807, 2.05) is 5.32 Å². The van der Waals surface area contributed by atoms with Gasteiger partial charge in [-0.2, -0.15) is 0 Å². The minimum absolute atomic E-state index is 0.0540. The Bertz CT molecular complexity index is 400. The first-order chi connectivity index (χ1) is 7.99. The Hall–Kier alpha value is -1.89. The lowest BCUT2D eigenvalue weighted by atomic mass is 10.3. The third-order valence-electron chi connectivity index (χ3n) is 1.82. The first kappa shape index (κ1) is 13.2. The van der Waals surface area contributed by atoms with E-state index in [9.17, 15) is 18.7 Å². The van der Waals surface area contributed by atoms with Crippen LogP contribution in [-0.4, -0.2) is 35.6 Å². The molecule has 0 saturated heterocycles. The molecule has 17 heavy (non-hydrogen) atoms. The molecule has 0 aliphatic carbocycles.